The van der Waals surface area contributed by atoms with Crippen LogP contribution in [0.15, 0.2) is 24.4 Å². The average Bonchev–Trinajstić information content (AvgIpc) is 2.69. The molecule has 0 saturated heterocycles. The minimum Gasteiger partial charge on any atom is -0.382 e. The van der Waals surface area contributed by atoms with Crippen molar-refractivity contribution in [1.82, 2.24) is 10.2 Å². The van der Waals surface area contributed by atoms with Gasteiger partial charge in [-0.1, -0.05) is 13.8 Å². The van der Waals surface area contributed by atoms with E-state index < -0.39 is 0 Å². The van der Waals surface area contributed by atoms with Crippen LogP contribution in [0.3, 0.4) is 0 Å². The van der Waals surface area contributed by atoms with Gasteiger partial charge >= 0.3 is 0 Å². The number of nitrogens with one attached hydrogen (secondary N) is 2. The van der Waals surface area contributed by atoms with Crippen LogP contribution in [0.4, 0.5) is 5.69 Å². The molecule has 1 aromatic carbocycles. The fourth-order valence-electron chi connectivity index (χ4n) is 2.59. The van der Waals surface area contributed by atoms with Gasteiger partial charge in [-0.05, 0) is 42.9 Å². The van der Waals surface area contributed by atoms with Crippen LogP contribution in [-0.4, -0.2) is 16.2 Å². The quantitative estimate of drug-likeness (QED) is 0.846. The Morgan fingerprint density at radius 1 is 1.35 bits per heavy atom. The van der Waals surface area contributed by atoms with E-state index in [1.54, 1.807) is 0 Å². The molecule has 2 N–H and O–H groups in total. The fourth-order valence-corrected chi connectivity index (χ4v) is 2.59. The smallest absolute Gasteiger partial charge is 0.0651 e. The minimum absolute atomic E-state index is 0.659. The molecule has 1 aliphatic carbocycles. The van der Waals surface area contributed by atoms with E-state index in [1.807, 2.05) is 6.20 Å². The van der Waals surface area contributed by atoms with Crippen LogP contribution in [-0.2, 0) is 0 Å². The van der Waals surface area contributed by atoms with Crippen molar-refractivity contribution in [1.29, 1.82) is 0 Å². The molecule has 1 fully saturated rings. The van der Waals surface area contributed by atoms with Gasteiger partial charge in [0.05, 0.1) is 11.7 Å². The van der Waals surface area contributed by atoms with Crippen molar-refractivity contribution in [3.63, 3.8) is 0 Å². The van der Waals surface area contributed by atoms with E-state index in [2.05, 4.69) is 47.6 Å². The topological polar surface area (TPSA) is 40.7 Å². The molecule has 17 heavy (non-hydrogen) atoms. The van der Waals surface area contributed by atoms with Crippen LogP contribution in [0.1, 0.15) is 26.7 Å². The first-order valence-electron chi connectivity index (χ1n) is 6.42. The molecule has 0 spiro atoms. The molecule has 0 amide bonds. The van der Waals surface area contributed by atoms with Crippen molar-refractivity contribution < 1.29 is 0 Å². The van der Waals surface area contributed by atoms with E-state index >= 15 is 0 Å². The molecule has 3 nitrogen and oxygen atoms in total. The highest BCUT2D eigenvalue weighted by Crippen LogP contribution is 2.35. The summed E-state index contributed by atoms with van der Waals surface area (Å²) in [7, 11) is 0. The normalized spacial score (nSPS) is 23.9. The van der Waals surface area contributed by atoms with Gasteiger partial charge in [-0.15, -0.1) is 0 Å². The second-order valence-electron chi connectivity index (χ2n) is 5.49. The Kier molecular flexibility index (Phi) is 2.54. The summed E-state index contributed by atoms with van der Waals surface area (Å²) in [5.41, 5.74) is 2.32. The number of benzene rings is 1. The number of anilines is 1. The summed E-state index contributed by atoms with van der Waals surface area (Å²) in [6.45, 7) is 4.64. The molecule has 0 bridgehead atoms. The van der Waals surface area contributed by atoms with Crippen LogP contribution >= 0.6 is 0 Å². The monoisotopic (exact) mass is 229 g/mol. The third-order valence-electron chi connectivity index (χ3n) is 3.93. The van der Waals surface area contributed by atoms with Crippen molar-refractivity contribution >= 4 is 16.6 Å². The zero-order valence-electron chi connectivity index (χ0n) is 10.4. The summed E-state index contributed by atoms with van der Waals surface area (Å²) >= 11 is 0. The summed E-state index contributed by atoms with van der Waals surface area (Å²) in [6.07, 6.45) is 4.49. The molecule has 0 aliphatic heterocycles. The van der Waals surface area contributed by atoms with Crippen molar-refractivity contribution in [3.05, 3.63) is 24.4 Å². The Labute approximate surface area is 102 Å². The fraction of sp³-hybridized carbons (Fsp3) is 0.500. The molecule has 1 aliphatic rings. The predicted molar refractivity (Wildman–Crippen MR) is 71.1 cm³/mol. The second-order valence-corrected chi connectivity index (χ2v) is 5.49. The van der Waals surface area contributed by atoms with Gasteiger partial charge in [-0.25, -0.2) is 0 Å². The first-order chi connectivity index (χ1) is 8.22. The minimum atomic E-state index is 0.659. The lowest BCUT2D eigenvalue weighted by molar-refractivity contribution is 0.212. The lowest BCUT2D eigenvalue weighted by Gasteiger charge is -2.39. The molecule has 2 aromatic rings. The zero-order chi connectivity index (χ0) is 11.8. The summed E-state index contributed by atoms with van der Waals surface area (Å²) in [5, 5.41) is 11.8. The molecule has 1 saturated carbocycles. The van der Waals surface area contributed by atoms with Crippen molar-refractivity contribution in [2.24, 2.45) is 11.8 Å². The Morgan fingerprint density at radius 2 is 2.18 bits per heavy atom. The predicted octanol–water partition coefficient (Wildman–Crippen LogP) is 3.41. The summed E-state index contributed by atoms with van der Waals surface area (Å²) in [4.78, 5) is 0. The lowest BCUT2D eigenvalue weighted by Crippen LogP contribution is -2.37. The molecular weight excluding hydrogens is 210 g/mol. The SMILES string of the molecule is CC(C)C1CC(Nc2ccc3[nH]ncc3c2)C1. The zero-order valence-corrected chi connectivity index (χ0v) is 10.4. The van der Waals surface area contributed by atoms with Gasteiger partial charge in [0.2, 0.25) is 0 Å². The van der Waals surface area contributed by atoms with Gasteiger partial charge in [0.1, 0.15) is 0 Å². The van der Waals surface area contributed by atoms with Crippen LogP contribution in [0.25, 0.3) is 10.9 Å². The molecule has 90 valence electrons. The Bertz CT molecular complexity index is 509. The van der Waals surface area contributed by atoms with Gasteiger partial charge in [0.15, 0.2) is 0 Å². The standard InChI is InChI=1S/C14H19N3/c1-9(2)10-5-13(6-10)16-12-3-4-14-11(7-12)8-15-17-14/h3-4,7-10,13,16H,5-6H2,1-2H3,(H,15,17). The number of rotatable bonds is 3. The molecule has 0 atom stereocenters. The van der Waals surface area contributed by atoms with Crippen LogP contribution in [0.5, 0.6) is 0 Å². The average molecular weight is 229 g/mol. The van der Waals surface area contributed by atoms with E-state index in [-0.39, 0.29) is 0 Å². The van der Waals surface area contributed by atoms with E-state index in [1.165, 1.54) is 23.9 Å². The highest BCUT2D eigenvalue weighted by Gasteiger charge is 2.30. The molecular formula is C14H19N3. The maximum Gasteiger partial charge on any atom is 0.0651 e. The van der Waals surface area contributed by atoms with Gasteiger partial charge in [-0.2, -0.15) is 5.10 Å². The molecule has 0 unspecified atom stereocenters. The van der Waals surface area contributed by atoms with Gasteiger partial charge in [-0.3, -0.25) is 5.10 Å². The Morgan fingerprint density at radius 3 is 2.94 bits per heavy atom. The van der Waals surface area contributed by atoms with E-state index in [0.29, 0.717) is 6.04 Å². The molecule has 0 radical (unpaired) electrons. The molecule has 3 heteroatoms. The van der Waals surface area contributed by atoms with E-state index in [0.717, 1.165) is 17.4 Å². The number of aromatic amines is 1. The van der Waals surface area contributed by atoms with Crippen molar-refractivity contribution in [3.8, 4) is 0 Å². The number of aromatic nitrogens is 2. The highest BCUT2D eigenvalue weighted by atomic mass is 15.1. The third kappa shape index (κ3) is 2.02. The molecule has 1 heterocycles. The van der Waals surface area contributed by atoms with Gasteiger partial charge in [0, 0.05) is 17.1 Å². The number of nitrogens with zero attached hydrogens (tertiary/aromatic N) is 1. The maximum absolute atomic E-state index is 4.04. The van der Waals surface area contributed by atoms with Gasteiger partial charge < -0.3 is 5.32 Å². The largest absolute Gasteiger partial charge is 0.382 e. The molecule has 1 aromatic heterocycles. The van der Waals surface area contributed by atoms with Crippen LogP contribution in [0.2, 0.25) is 0 Å². The molecule has 3 rings (SSSR count). The first kappa shape index (κ1) is 10.6. The second kappa shape index (κ2) is 4.06. The number of fused-ring (bicyclic) bond motifs is 1. The number of hydrogen-bond acceptors (Lipinski definition) is 2. The van der Waals surface area contributed by atoms with Crippen molar-refractivity contribution in [2.75, 3.05) is 5.32 Å². The summed E-state index contributed by atoms with van der Waals surface area (Å²) in [5.74, 6) is 1.73. The maximum atomic E-state index is 4.04. The Balaban J connectivity index is 1.66. The lowest BCUT2D eigenvalue weighted by atomic mass is 9.73. The van der Waals surface area contributed by atoms with Crippen molar-refractivity contribution in [2.45, 2.75) is 32.7 Å². The van der Waals surface area contributed by atoms with E-state index in [4.69, 9.17) is 0 Å². The van der Waals surface area contributed by atoms with Crippen LogP contribution in [0, 0.1) is 11.8 Å². The van der Waals surface area contributed by atoms with E-state index in [9.17, 15) is 0 Å². The summed E-state index contributed by atoms with van der Waals surface area (Å²) in [6, 6.07) is 7.04. The number of hydrogen-bond donors (Lipinski definition) is 2. The summed E-state index contributed by atoms with van der Waals surface area (Å²) < 4.78 is 0. The Hall–Kier alpha value is -1.51. The first-order valence-corrected chi connectivity index (χ1v) is 6.42. The van der Waals surface area contributed by atoms with Crippen LogP contribution < -0.4 is 5.32 Å². The number of H-pyrrole nitrogens is 1. The highest BCUT2D eigenvalue weighted by molar-refractivity contribution is 5.81. The van der Waals surface area contributed by atoms with Gasteiger partial charge in [0.25, 0.3) is 0 Å². The third-order valence-corrected chi connectivity index (χ3v) is 3.93.